The van der Waals surface area contributed by atoms with Crippen LogP contribution < -0.4 is 5.32 Å². The van der Waals surface area contributed by atoms with Crippen molar-refractivity contribution in [2.45, 2.75) is 70.6 Å². The molecule has 2 aliphatic rings. The number of anilines is 1. The van der Waals surface area contributed by atoms with Crippen molar-refractivity contribution in [1.29, 1.82) is 0 Å². The quantitative estimate of drug-likeness (QED) is 0.761. The molecule has 1 aromatic rings. The first kappa shape index (κ1) is 19.7. The summed E-state index contributed by atoms with van der Waals surface area (Å²) < 4.78 is 11.2. The van der Waals surface area contributed by atoms with Crippen LogP contribution in [0.5, 0.6) is 0 Å². The van der Waals surface area contributed by atoms with E-state index in [1.165, 1.54) is 0 Å². The smallest absolute Gasteiger partial charge is 0.0881 e. The molecule has 0 radical (unpaired) electrons. The van der Waals surface area contributed by atoms with Gasteiger partial charge in [0.25, 0.3) is 0 Å². The van der Waals surface area contributed by atoms with Crippen molar-refractivity contribution in [3.8, 4) is 11.8 Å². The molecule has 4 nitrogen and oxygen atoms in total. The van der Waals surface area contributed by atoms with Crippen LogP contribution in [0.3, 0.4) is 0 Å². The molecule has 0 bridgehead atoms. The van der Waals surface area contributed by atoms with Crippen LogP contribution in [0.2, 0.25) is 0 Å². The van der Waals surface area contributed by atoms with E-state index in [0.717, 1.165) is 49.3 Å². The highest BCUT2D eigenvalue weighted by atomic mass is 32.1. The maximum Gasteiger partial charge on any atom is 0.0881 e. The van der Waals surface area contributed by atoms with E-state index < -0.39 is 5.60 Å². The maximum absolute atomic E-state index is 10.8. The molecule has 5 heteroatoms. The largest absolute Gasteiger partial charge is 0.387 e. The summed E-state index contributed by atoms with van der Waals surface area (Å²) in [6.07, 6.45) is 4.57. The molecule has 1 unspecified atom stereocenters. The molecule has 1 aliphatic carbocycles. The standard InChI is InChI=1S/C21H31NO3S/c1-20(2,3)8-6-19-12-17(14-26-19)22-16-4-9-21(23,10-5-16)15-25-18-7-11-24-13-18/h12,14,16,18,22-23H,4-5,7,9-11,13,15H2,1-3H3. The van der Waals surface area contributed by atoms with Gasteiger partial charge in [0, 0.05) is 29.1 Å². The molecule has 1 aliphatic heterocycles. The van der Waals surface area contributed by atoms with Gasteiger partial charge < -0.3 is 19.9 Å². The van der Waals surface area contributed by atoms with E-state index >= 15 is 0 Å². The second kappa shape index (κ2) is 8.31. The number of hydrogen-bond acceptors (Lipinski definition) is 5. The van der Waals surface area contributed by atoms with Gasteiger partial charge in [-0.15, -0.1) is 11.3 Å². The Morgan fingerprint density at radius 1 is 1.35 bits per heavy atom. The summed E-state index contributed by atoms with van der Waals surface area (Å²) in [6, 6.07) is 2.54. The van der Waals surface area contributed by atoms with Gasteiger partial charge in [-0.2, -0.15) is 0 Å². The van der Waals surface area contributed by atoms with Gasteiger partial charge in [-0.05, 0) is 58.9 Å². The summed E-state index contributed by atoms with van der Waals surface area (Å²) in [4.78, 5) is 1.10. The van der Waals surface area contributed by atoms with Crippen LogP contribution in [0.25, 0.3) is 0 Å². The van der Waals surface area contributed by atoms with Gasteiger partial charge in [-0.25, -0.2) is 0 Å². The zero-order valence-corrected chi connectivity index (χ0v) is 17.0. The first-order valence-corrected chi connectivity index (χ1v) is 10.5. The number of hydrogen-bond donors (Lipinski definition) is 2. The maximum atomic E-state index is 10.8. The fraction of sp³-hybridized carbons (Fsp3) is 0.714. The van der Waals surface area contributed by atoms with Crippen molar-refractivity contribution in [3.05, 3.63) is 16.3 Å². The summed E-state index contributed by atoms with van der Waals surface area (Å²) in [6.45, 7) is 8.24. The number of nitrogens with one attached hydrogen (secondary N) is 1. The van der Waals surface area contributed by atoms with Crippen molar-refractivity contribution >= 4 is 17.0 Å². The summed E-state index contributed by atoms with van der Waals surface area (Å²) in [7, 11) is 0. The average Bonchev–Trinajstić information content (AvgIpc) is 3.25. The lowest BCUT2D eigenvalue weighted by atomic mass is 9.82. The fourth-order valence-electron chi connectivity index (χ4n) is 3.32. The van der Waals surface area contributed by atoms with E-state index in [-0.39, 0.29) is 11.5 Å². The van der Waals surface area contributed by atoms with Gasteiger partial charge in [-0.3, -0.25) is 0 Å². The van der Waals surface area contributed by atoms with Crippen LogP contribution >= 0.6 is 11.3 Å². The van der Waals surface area contributed by atoms with Crippen LogP contribution in [-0.2, 0) is 9.47 Å². The molecule has 0 amide bonds. The molecule has 1 saturated carbocycles. The molecular weight excluding hydrogens is 346 g/mol. The van der Waals surface area contributed by atoms with Crippen molar-refractivity contribution < 1.29 is 14.6 Å². The van der Waals surface area contributed by atoms with E-state index in [1.807, 2.05) is 0 Å². The molecule has 1 aromatic heterocycles. The SMILES string of the molecule is CC(C)(C)C#Cc1cc(NC2CCC(O)(COC3CCOC3)CC2)cs1. The Bertz CT molecular complexity index is 638. The molecule has 0 spiro atoms. The third kappa shape index (κ3) is 5.99. The topological polar surface area (TPSA) is 50.7 Å². The van der Waals surface area contributed by atoms with Gasteiger partial charge in [0.05, 0.1) is 29.8 Å². The number of rotatable bonds is 5. The van der Waals surface area contributed by atoms with Crippen LogP contribution in [0.1, 0.15) is 57.8 Å². The Morgan fingerprint density at radius 3 is 2.77 bits per heavy atom. The first-order chi connectivity index (χ1) is 12.3. The predicted octanol–water partition coefficient (Wildman–Crippen LogP) is 4.04. The Kier molecular flexibility index (Phi) is 6.29. The fourth-order valence-corrected chi connectivity index (χ4v) is 4.02. The van der Waals surface area contributed by atoms with E-state index in [2.05, 4.69) is 49.4 Å². The minimum Gasteiger partial charge on any atom is -0.387 e. The zero-order chi connectivity index (χ0) is 18.6. The minimum absolute atomic E-state index is 0.0259. The van der Waals surface area contributed by atoms with Crippen molar-refractivity contribution in [1.82, 2.24) is 0 Å². The summed E-state index contributed by atoms with van der Waals surface area (Å²) in [5.41, 5.74) is 0.486. The van der Waals surface area contributed by atoms with Crippen LogP contribution in [0, 0.1) is 17.3 Å². The molecule has 2 heterocycles. The predicted molar refractivity (Wildman–Crippen MR) is 107 cm³/mol. The highest BCUT2D eigenvalue weighted by Crippen LogP contribution is 2.32. The average molecular weight is 378 g/mol. The number of ether oxygens (including phenoxy) is 2. The second-order valence-electron chi connectivity index (χ2n) is 8.64. The van der Waals surface area contributed by atoms with Crippen LogP contribution in [0.4, 0.5) is 5.69 Å². The van der Waals surface area contributed by atoms with Crippen molar-refractivity contribution in [2.24, 2.45) is 5.41 Å². The monoisotopic (exact) mass is 377 g/mol. The van der Waals surface area contributed by atoms with Gasteiger partial charge in [-0.1, -0.05) is 11.8 Å². The summed E-state index contributed by atoms with van der Waals surface area (Å²) >= 11 is 1.68. The summed E-state index contributed by atoms with van der Waals surface area (Å²) in [5, 5.41) is 16.5. The lowest BCUT2D eigenvalue weighted by Crippen LogP contribution is -2.42. The van der Waals surface area contributed by atoms with E-state index in [0.29, 0.717) is 19.3 Å². The van der Waals surface area contributed by atoms with E-state index in [4.69, 9.17) is 9.47 Å². The van der Waals surface area contributed by atoms with E-state index in [9.17, 15) is 5.11 Å². The Labute approximate surface area is 161 Å². The van der Waals surface area contributed by atoms with Crippen molar-refractivity contribution in [2.75, 3.05) is 25.1 Å². The molecule has 3 rings (SSSR count). The van der Waals surface area contributed by atoms with Gasteiger partial charge in [0.1, 0.15) is 0 Å². The first-order valence-electron chi connectivity index (χ1n) is 9.61. The van der Waals surface area contributed by atoms with Gasteiger partial charge >= 0.3 is 0 Å². The van der Waals surface area contributed by atoms with Gasteiger partial charge in [0.2, 0.25) is 0 Å². The third-order valence-corrected chi connectivity index (χ3v) is 5.77. The number of thiophene rings is 1. The van der Waals surface area contributed by atoms with Crippen LogP contribution in [0.15, 0.2) is 11.4 Å². The van der Waals surface area contributed by atoms with Gasteiger partial charge in [0.15, 0.2) is 0 Å². The lowest BCUT2D eigenvalue weighted by Gasteiger charge is -2.36. The zero-order valence-electron chi connectivity index (χ0n) is 16.1. The lowest BCUT2D eigenvalue weighted by molar-refractivity contribution is -0.0916. The third-order valence-electron chi connectivity index (χ3n) is 4.92. The normalized spacial score (nSPS) is 29.2. The molecular formula is C21H31NO3S. The molecule has 1 saturated heterocycles. The Hall–Kier alpha value is -1.06. The highest BCUT2D eigenvalue weighted by molar-refractivity contribution is 7.11. The summed E-state index contributed by atoms with van der Waals surface area (Å²) in [5.74, 6) is 6.54. The molecule has 2 N–H and O–H groups in total. The molecule has 0 aromatic carbocycles. The van der Waals surface area contributed by atoms with E-state index in [1.54, 1.807) is 11.3 Å². The Morgan fingerprint density at radius 2 is 2.12 bits per heavy atom. The molecule has 1 atom stereocenters. The molecule has 2 fully saturated rings. The molecule has 26 heavy (non-hydrogen) atoms. The van der Waals surface area contributed by atoms with Crippen LogP contribution in [-0.4, -0.2) is 42.7 Å². The Balaban J connectivity index is 1.44. The van der Waals surface area contributed by atoms with Crippen molar-refractivity contribution in [3.63, 3.8) is 0 Å². The highest BCUT2D eigenvalue weighted by Gasteiger charge is 2.34. The second-order valence-corrected chi connectivity index (χ2v) is 9.55. The number of aliphatic hydroxyl groups is 1. The molecule has 144 valence electrons. The minimum atomic E-state index is -0.682.